The predicted octanol–water partition coefficient (Wildman–Crippen LogP) is 3.36. The molecule has 1 atom stereocenters. The van der Waals surface area contributed by atoms with E-state index in [1.54, 1.807) is 0 Å². The van der Waals surface area contributed by atoms with E-state index < -0.39 is 0 Å². The van der Waals surface area contributed by atoms with Crippen LogP contribution < -0.4 is 5.32 Å². The van der Waals surface area contributed by atoms with Crippen molar-refractivity contribution in [2.45, 2.75) is 66.3 Å². The molecule has 0 radical (unpaired) electrons. The number of carbonyl (C=O) groups excluding carboxylic acids is 1. The van der Waals surface area contributed by atoms with Gasteiger partial charge in [-0.05, 0) is 32.1 Å². The van der Waals surface area contributed by atoms with E-state index in [2.05, 4.69) is 46.9 Å². The van der Waals surface area contributed by atoms with Gasteiger partial charge in [-0.3, -0.25) is 4.79 Å². The maximum absolute atomic E-state index is 11.7. The normalized spacial score (nSPS) is 14.1. The van der Waals surface area contributed by atoms with Gasteiger partial charge >= 0.3 is 0 Å². The summed E-state index contributed by atoms with van der Waals surface area (Å²) in [6.45, 7) is 12.8. The van der Waals surface area contributed by atoms with Gasteiger partial charge in [-0.25, -0.2) is 0 Å². The summed E-state index contributed by atoms with van der Waals surface area (Å²) in [5.74, 6) is 1.22. The summed E-state index contributed by atoms with van der Waals surface area (Å²) in [6, 6.07) is 0. The van der Waals surface area contributed by atoms with Crippen LogP contribution in [0.4, 0.5) is 0 Å². The fourth-order valence-electron chi connectivity index (χ4n) is 1.64. The molecule has 2 heteroatoms. The van der Waals surface area contributed by atoms with Gasteiger partial charge in [-0.2, -0.15) is 0 Å². The summed E-state index contributed by atoms with van der Waals surface area (Å²) in [5.41, 5.74) is -0.0530. The van der Waals surface area contributed by atoms with Crippen molar-refractivity contribution >= 4 is 5.91 Å². The molecule has 0 bridgehead atoms. The van der Waals surface area contributed by atoms with E-state index in [0.717, 1.165) is 12.8 Å². The van der Waals surface area contributed by atoms with E-state index in [1.165, 1.54) is 0 Å². The number of hydrogen-bond acceptors (Lipinski definition) is 1. The van der Waals surface area contributed by atoms with Crippen LogP contribution in [0.3, 0.4) is 0 Å². The van der Waals surface area contributed by atoms with Gasteiger partial charge in [0, 0.05) is 12.0 Å². The monoisotopic (exact) mass is 213 g/mol. The molecule has 2 nitrogen and oxygen atoms in total. The molecule has 0 saturated carbocycles. The zero-order valence-corrected chi connectivity index (χ0v) is 11.2. The quantitative estimate of drug-likeness (QED) is 0.720. The molecule has 90 valence electrons. The Balaban J connectivity index is 4.03. The first kappa shape index (κ1) is 14.5. The van der Waals surface area contributed by atoms with Crippen LogP contribution in [-0.4, -0.2) is 11.4 Å². The maximum Gasteiger partial charge on any atom is 0.220 e. The van der Waals surface area contributed by atoms with Crippen LogP contribution >= 0.6 is 0 Å². The Hall–Kier alpha value is -0.530. The van der Waals surface area contributed by atoms with E-state index in [0.29, 0.717) is 18.3 Å². The molecule has 0 aromatic heterocycles. The first-order valence-electron chi connectivity index (χ1n) is 6.09. The summed E-state index contributed by atoms with van der Waals surface area (Å²) in [7, 11) is 0. The molecular weight excluding hydrogens is 186 g/mol. The van der Waals surface area contributed by atoms with E-state index in [1.807, 2.05) is 0 Å². The van der Waals surface area contributed by atoms with Crippen LogP contribution in [0, 0.1) is 11.8 Å². The first-order valence-corrected chi connectivity index (χ1v) is 6.09. The SMILES string of the molecule is CCCC(C)(C)NC(=O)CC(C)C(C)C. The van der Waals surface area contributed by atoms with Crippen molar-refractivity contribution in [1.82, 2.24) is 5.32 Å². The molecule has 0 spiro atoms. The standard InChI is InChI=1S/C13H27NO/c1-7-8-13(5,6)14-12(15)9-11(4)10(2)3/h10-11H,7-9H2,1-6H3,(H,14,15). The minimum atomic E-state index is -0.0530. The largest absolute Gasteiger partial charge is 0.351 e. The number of rotatable bonds is 6. The summed E-state index contributed by atoms with van der Waals surface area (Å²) in [5, 5.41) is 3.10. The molecule has 0 fully saturated rings. The molecule has 0 rings (SSSR count). The van der Waals surface area contributed by atoms with Gasteiger partial charge in [0.1, 0.15) is 0 Å². The average Bonchev–Trinajstić information content (AvgIpc) is 2.01. The number of amides is 1. The first-order chi connectivity index (χ1) is 6.78. The molecule has 0 aromatic rings. The lowest BCUT2D eigenvalue weighted by Gasteiger charge is -2.27. The van der Waals surface area contributed by atoms with Crippen molar-refractivity contribution in [3.05, 3.63) is 0 Å². The fourth-order valence-corrected chi connectivity index (χ4v) is 1.64. The molecule has 0 aliphatic heterocycles. The molecule has 15 heavy (non-hydrogen) atoms. The van der Waals surface area contributed by atoms with E-state index in [4.69, 9.17) is 0 Å². The summed E-state index contributed by atoms with van der Waals surface area (Å²) in [6.07, 6.45) is 2.78. The van der Waals surface area contributed by atoms with Gasteiger partial charge in [0.25, 0.3) is 0 Å². The predicted molar refractivity (Wildman–Crippen MR) is 65.7 cm³/mol. The Kier molecular flexibility index (Phi) is 5.92. The zero-order chi connectivity index (χ0) is 12.1. The smallest absolute Gasteiger partial charge is 0.220 e. The van der Waals surface area contributed by atoms with Gasteiger partial charge in [-0.1, -0.05) is 34.1 Å². The van der Waals surface area contributed by atoms with Crippen molar-refractivity contribution < 1.29 is 4.79 Å². The minimum absolute atomic E-state index is 0.0530. The minimum Gasteiger partial charge on any atom is -0.351 e. The van der Waals surface area contributed by atoms with Gasteiger partial charge in [0.05, 0.1) is 0 Å². The zero-order valence-electron chi connectivity index (χ0n) is 11.2. The van der Waals surface area contributed by atoms with E-state index in [9.17, 15) is 4.79 Å². The highest BCUT2D eigenvalue weighted by Gasteiger charge is 2.20. The van der Waals surface area contributed by atoms with Crippen LogP contribution in [-0.2, 0) is 4.79 Å². The summed E-state index contributed by atoms with van der Waals surface area (Å²) >= 11 is 0. The Morgan fingerprint density at radius 2 is 1.80 bits per heavy atom. The van der Waals surface area contributed by atoms with Gasteiger partial charge < -0.3 is 5.32 Å². The molecule has 0 heterocycles. The highest BCUT2D eigenvalue weighted by atomic mass is 16.1. The highest BCUT2D eigenvalue weighted by molar-refractivity contribution is 5.76. The van der Waals surface area contributed by atoms with E-state index in [-0.39, 0.29) is 11.4 Å². The third-order valence-corrected chi connectivity index (χ3v) is 3.00. The molecule has 1 unspecified atom stereocenters. The molecule has 1 amide bonds. The lowest BCUT2D eigenvalue weighted by atomic mass is 9.93. The van der Waals surface area contributed by atoms with Crippen LogP contribution in [0.1, 0.15) is 60.8 Å². The Morgan fingerprint density at radius 3 is 2.20 bits per heavy atom. The molecule has 0 saturated heterocycles. The van der Waals surface area contributed by atoms with Crippen molar-refractivity contribution in [2.75, 3.05) is 0 Å². The summed E-state index contributed by atoms with van der Waals surface area (Å²) < 4.78 is 0. The highest BCUT2D eigenvalue weighted by Crippen LogP contribution is 2.16. The van der Waals surface area contributed by atoms with Crippen molar-refractivity contribution in [1.29, 1.82) is 0 Å². The second-order valence-electron chi connectivity index (χ2n) is 5.61. The Bertz CT molecular complexity index is 197. The molecule has 1 N–H and O–H groups in total. The van der Waals surface area contributed by atoms with Gasteiger partial charge in [-0.15, -0.1) is 0 Å². The van der Waals surface area contributed by atoms with Crippen LogP contribution in [0.15, 0.2) is 0 Å². The molecule has 0 aliphatic carbocycles. The lowest BCUT2D eigenvalue weighted by molar-refractivity contribution is -0.123. The average molecular weight is 213 g/mol. The molecule has 0 aromatic carbocycles. The van der Waals surface area contributed by atoms with Crippen LogP contribution in [0.25, 0.3) is 0 Å². The molecule has 0 aliphatic rings. The Labute approximate surface area is 94.8 Å². The van der Waals surface area contributed by atoms with E-state index >= 15 is 0 Å². The fraction of sp³-hybridized carbons (Fsp3) is 0.923. The second-order valence-corrected chi connectivity index (χ2v) is 5.61. The summed E-state index contributed by atoms with van der Waals surface area (Å²) in [4.78, 5) is 11.7. The number of hydrogen-bond donors (Lipinski definition) is 1. The van der Waals surface area contributed by atoms with Crippen molar-refractivity contribution in [3.63, 3.8) is 0 Å². The van der Waals surface area contributed by atoms with Crippen molar-refractivity contribution in [3.8, 4) is 0 Å². The third-order valence-electron chi connectivity index (χ3n) is 3.00. The van der Waals surface area contributed by atoms with Crippen molar-refractivity contribution in [2.24, 2.45) is 11.8 Å². The molecular formula is C13H27NO. The lowest BCUT2D eigenvalue weighted by Crippen LogP contribution is -2.43. The van der Waals surface area contributed by atoms with Gasteiger partial charge in [0.15, 0.2) is 0 Å². The van der Waals surface area contributed by atoms with Crippen LogP contribution in [0.5, 0.6) is 0 Å². The third kappa shape index (κ3) is 6.53. The number of nitrogens with one attached hydrogen (secondary N) is 1. The number of carbonyl (C=O) groups is 1. The topological polar surface area (TPSA) is 29.1 Å². The Morgan fingerprint density at radius 1 is 1.27 bits per heavy atom. The maximum atomic E-state index is 11.7. The van der Waals surface area contributed by atoms with Crippen LogP contribution in [0.2, 0.25) is 0 Å². The second kappa shape index (κ2) is 6.14. The van der Waals surface area contributed by atoms with Gasteiger partial charge in [0.2, 0.25) is 5.91 Å².